The van der Waals surface area contributed by atoms with Crippen molar-refractivity contribution in [2.75, 3.05) is 6.61 Å². The highest BCUT2D eigenvalue weighted by molar-refractivity contribution is 9.10. The van der Waals surface area contributed by atoms with Crippen LogP contribution in [0.25, 0.3) is 0 Å². The molecule has 94 valence electrons. The number of aliphatic hydroxyl groups is 1. The molecule has 1 rings (SSSR count). The normalized spacial score (nSPS) is 14.6. The average Bonchev–Trinajstić information content (AvgIpc) is 2.30. The van der Waals surface area contributed by atoms with Gasteiger partial charge in [-0.05, 0) is 34.0 Å². The third-order valence-corrected chi connectivity index (χ3v) is 3.13. The highest BCUT2D eigenvalue weighted by Crippen LogP contribution is 2.16. The molecule has 3 nitrogen and oxygen atoms in total. The van der Waals surface area contributed by atoms with Crippen molar-refractivity contribution in [3.63, 3.8) is 0 Å². The molecule has 0 amide bonds. The van der Waals surface area contributed by atoms with E-state index in [-0.39, 0.29) is 18.7 Å². The number of halogens is 1. The van der Waals surface area contributed by atoms with Crippen molar-refractivity contribution >= 4 is 15.9 Å². The molecule has 17 heavy (non-hydrogen) atoms. The Balaban J connectivity index is 2.81. The first kappa shape index (κ1) is 14.4. The Hall–Kier alpha value is -0.710. The first-order valence-electron chi connectivity index (χ1n) is 5.70. The molecule has 2 N–H and O–H groups in total. The average molecular weight is 299 g/mol. The highest BCUT2D eigenvalue weighted by Gasteiger charge is 2.17. The Kier molecular flexibility index (Phi) is 5.82. The summed E-state index contributed by atoms with van der Waals surface area (Å²) in [5, 5.41) is 12.7. The number of nitrogens with one attached hydrogen (secondary N) is 1. The van der Waals surface area contributed by atoms with E-state index >= 15 is 0 Å². The molecular weight excluding hydrogens is 280 g/mol. The fourth-order valence-electron chi connectivity index (χ4n) is 1.56. The Bertz CT molecular complexity index is 368. The lowest BCUT2D eigenvalue weighted by Gasteiger charge is -2.24. The van der Waals surface area contributed by atoms with Crippen molar-refractivity contribution in [3.05, 3.63) is 41.2 Å². The lowest BCUT2D eigenvalue weighted by Crippen LogP contribution is -2.39. The number of hydrogen-bond donors (Lipinski definition) is 2. The van der Waals surface area contributed by atoms with Crippen LogP contribution in [-0.4, -0.2) is 22.7 Å². The highest BCUT2D eigenvalue weighted by atomic mass is 79.9. The zero-order chi connectivity index (χ0) is 12.8. The quantitative estimate of drug-likeness (QED) is 0.627. The van der Waals surface area contributed by atoms with Crippen LogP contribution in [0.2, 0.25) is 0 Å². The van der Waals surface area contributed by atoms with Crippen LogP contribution < -0.4 is 5.32 Å². The number of nitrogens with zero attached hydrogens (tertiary/aromatic N) is 1. The zero-order valence-corrected chi connectivity index (χ0v) is 11.8. The summed E-state index contributed by atoms with van der Waals surface area (Å²) in [7, 11) is 0. The van der Waals surface area contributed by atoms with Gasteiger partial charge in [0.15, 0.2) is 0 Å². The second-order valence-corrected chi connectivity index (χ2v) is 5.11. The molecule has 1 heterocycles. The van der Waals surface area contributed by atoms with E-state index in [9.17, 15) is 5.11 Å². The first-order chi connectivity index (χ1) is 8.08. The number of rotatable bonds is 6. The van der Waals surface area contributed by atoms with Crippen molar-refractivity contribution in [2.45, 2.75) is 25.9 Å². The summed E-state index contributed by atoms with van der Waals surface area (Å²) in [6.45, 7) is 8.07. The van der Waals surface area contributed by atoms with Gasteiger partial charge in [0, 0.05) is 6.04 Å². The maximum atomic E-state index is 9.32. The lowest BCUT2D eigenvalue weighted by molar-refractivity contribution is 0.204. The Morgan fingerprint density at radius 2 is 2.24 bits per heavy atom. The predicted octanol–water partition coefficient (Wildman–Crippen LogP) is 2.68. The molecule has 1 aromatic rings. The van der Waals surface area contributed by atoms with Crippen LogP contribution in [0.5, 0.6) is 0 Å². The largest absolute Gasteiger partial charge is 0.395 e. The van der Waals surface area contributed by atoms with Gasteiger partial charge in [-0.2, -0.15) is 0 Å². The van der Waals surface area contributed by atoms with Crippen LogP contribution >= 0.6 is 15.9 Å². The molecule has 4 heteroatoms. The van der Waals surface area contributed by atoms with Gasteiger partial charge in [0.2, 0.25) is 0 Å². The first-order valence-corrected chi connectivity index (χ1v) is 6.49. The van der Waals surface area contributed by atoms with Crippen LogP contribution in [-0.2, 0) is 0 Å². The summed E-state index contributed by atoms with van der Waals surface area (Å²) in [6, 6.07) is 5.76. The SMILES string of the molecule is C=C[C@H](NC(CO)C(C)C)c1cccc(Br)n1. The molecule has 0 saturated carbocycles. The van der Waals surface area contributed by atoms with Crippen LogP contribution in [0.3, 0.4) is 0 Å². The van der Waals surface area contributed by atoms with Crippen LogP contribution in [0.15, 0.2) is 35.5 Å². The Labute approximate surface area is 111 Å². The van der Waals surface area contributed by atoms with Gasteiger partial charge in [0.25, 0.3) is 0 Å². The van der Waals surface area contributed by atoms with Gasteiger partial charge in [0.05, 0.1) is 18.3 Å². The van der Waals surface area contributed by atoms with E-state index in [4.69, 9.17) is 0 Å². The third kappa shape index (κ3) is 4.22. The summed E-state index contributed by atoms with van der Waals surface area (Å²) in [5.74, 6) is 0.356. The molecule has 1 unspecified atom stereocenters. The second-order valence-electron chi connectivity index (χ2n) is 4.30. The lowest BCUT2D eigenvalue weighted by atomic mass is 10.0. The Morgan fingerprint density at radius 3 is 2.71 bits per heavy atom. The summed E-state index contributed by atoms with van der Waals surface area (Å²) in [4.78, 5) is 4.39. The van der Waals surface area contributed by atoms with Gasteiger partial charge >= 0.3 is 0 Å². The monoisotopic (exact) mass is 298 g/mol. The van der Waals surface area contributed by atoms with Crippen LogP contribution in [0.1, 0.15) is 25.6 Å². The fraction of sp³-hybridized carbons (Fsp3) is 0.462. The summed E-state index contributed by atoms with van der Waals surface area (Å²) in [5.41, 5.74) is 0.897. The fourth-order valence-corrected chi connectivity index (χ4v) is 1.92. The molecule has 0 aliphatic carbocycles. The molecule has 1 aromatic heterocycles. The van der Waals surface area contributed by atoms with Crippen molar-refractivity contribution in [3.8, 4) is 0 Å². The molecule has 0 aliphatic heterocycles. The van der Waals surface area contributed by atoms with Gasteiger partial charge in [-0.3, -0.25) is 0 Å². The standard InChI is InChI=1S/C13H19BrN2O/c1-4-10(15-12(8-17)9(2)3)11-6-5-7-13(14)16-11/h4-7,9-10,12,15,17H,1,8H2,2-3H3/t10-,12?/m0/s1. The van der Waals surface area contributed by atoms with E-state index in [2.05, 4.69) is 46.7 Å². The molecule has 0 spiro atoms. The molecule has 0 aliphatic rings. The van der Waals surface area contributed by atoms with E-state index in [0.717, 1.165) is 10.3 Å². The van der Waals surface area contributed by atoms with Crippen LogP contribution in [0, 0.1) is 5.92 Å². The van der Waals surface area contributed by atoms with Crippen molar-refractivity contribution in [1.29, 1.82) is 0 Å². The molecule has 0 bridgehead atoms. The number of pyridine rings is 1. The summed E-state index contributed by atoms with van der Waals surface area (Å²) < 4.78 is 0.800. The van der Waals surface area contributed by atoms with Crippen molar-refractivity contribution in [1.82, 2.24) is 10.3 Å². The maximum Gasteiger partial charge on any atom is 0.106 e. The smallest absolute Gasteiger partial charge is 0.106 e. The van der Waals surface area contributed by atoms with Crippen LogP contribution in [0.4, 0.5) is 0 Å². The molecule has 0 radical (unpaired) electrons. The summed E-state index contributed by atoms with van der Waals surface area (Å²) in [6.07, 6.45) is 1.81. The predicted molar refractivity (Wildman–Crippen MR) is 73.7 cm³/mol. The molecule has 0 saturated heterocycles. The molecule has 0 fully saturated rings. The van der Waals surface area contributed by atoms with Gasteiger partial charge < -0.3 is 10.4 Å². The minimum absolute atomic E-state index is 0.0405. The molecular formula is C13H19BrN2O. The van der Waals surface area contributed by atoms with E-state index in [1.165, 1.54) is 0 Å². The Morgan fingerprint density at radius 1 is 1.53 bits per heavy atom. The maximum absolute atomic E-state index is 9.32. The third-order valence-electron chi connectivity index (χ3n) is 2.69. The van der Waals surface area contributed by atoms with Gasteiger partial charge in [-0.25, -0.2) is 4.98 Å². The summed E-state index contributed by atoms with van der Waals surface area (Å²) >= 11 is 3.35. The zero-order valence-electron chi connectivity index (χ0n) is 10.2. The molecule has 0 aromatic carbocycles. The van der Waals surface area contributed by atoms with Gasteiger partial charge in [-0.15, -0.1) is 6.58 Å². The minimum atomic E-state index is -0.0490. The minimum Gasteiger partial charge on any atom is -0.395 e. The van der Waals surface area contributed by atoms with Gasteiger partial charge in [0.1, 0.15) is 4.60 Å². The molecule has 2 atom stereocenters. The van der Waals surface area contributed by atoms with E-state index < -0.39 is 0 Å². The van der Waals surface area contributed by atoms with E-state index in [1.54, 1.807) is 6.08 Å². The van der Waals surface area contributed by atoms with Crippen molar-refractivity contribution in [2.24, 2.45) is 5.92 Å². The second kappa shape index (κ2) is 6.89. The number of aromatic nitrogens is 1. The van der Waals surface area contributed by atoms with Gasteiger partial charge in [-0.1, -0.05) is 26.0 Å². The topological polar surface area (TPSA) is 45.1 Å². The number of hydrogen-bond acceptors (Lipinski definition) is 3. The van der Waals surface area contributed by atoms with E-state index in [1.807, 2.05) is 18.2 Å². The van der Waals surface area contributed by atoms with Crippen molar-refractivity contribution < 1.29 is 5.11 Å². The van der Waals surface area contributed by atoms with E-state index in [0.29, 0.717) is 5.92 Å². The number of aliphatic hydroxyl groups excluding tert-OH is 1.